The molecule has 128 valence electrons. The van der Waals surface area contributed by atoms with Gasteiger partial charge in [0.2, 0.25) is 5.91 Å². The van der Waals surface area contributed by atoms with Gasteiger partial charge >= 0.3 is 0 Å². The van der Waals surface area contributed by atoms with Gasteiger partial charge in [0.1, 0.15) is 13.2 Å². The van der Waals surface area contributed by atoms with E-state index in [9.17, 15) is 4.79 Å². The Morgan fingerprint density at radius 3 is 2.65 bits per heavy atom. The number of carbonyl (C=O) groups is 1. The monoisotopic (exact) mass is 404 g/mol. The van der Waals surface area contributed by atoms with Crippen LogP contribution in [0, 0.1) is 0 Å². The van der Waals surface area contributed by atoms with Crippen LogP contribution >= 0.6 is 28.3 Å². The average Bonchev–Trinajstić information content (AvgIpc) is 2.54. The summed E-state index contributed by atoms with van der Waals surface area (Å²) in [6.45, 7) is 4.02. The molecule has 2 heterocycles. The number of nitrogens with one attached hydrogen (secondary N) is 2. The van der Waals surface area contributed by atoms with E-state index >= 15 is 0 Å². The molecule has 0 bridgehead atoms. The molecular formula is C16H22BrClN2O3. The summed E-state index contributed by atoms with van der Waals surface area (Å²) in [5.74, 6) is 1.55. The van der Waals surface area contributed by atoms with Crippen LogP contribution in [0.4, 0.5) is 0 Å². The highest BCUT2D eigenvalue weighted by Crippen LogP contribution is 2.37. The van der Waals surface area contributed by atoms with Crippen LogP contribution in [0.2, 0.25) is 0 Å². The van der Waals surface area contributed by atoms with Gasteiger partial charge in [0.25, 0.3) is 0 Å². The number of piperidine rings is 1. The first-order chi connectivity index (χ1) is 10.6. The third kappa shape index (κ3) is 4.31. The minimum absolute atomic E-state index is 0. The molecule has 0 saturated carbocycles. The Kier molecular flexibility index (Phi) is 6.56. The molecule has 0 radical (unpaired) electrons. The number of benzene rings is 1. The quantitative estimate of drug-likeness (QED) is 0.812. The lowest BCUT2D eigenvalue weighted by Crippen LogP contribution is -2.47. The molecule has 1 aromatic carbocycles. The molecule has 23 heavy (non-hydrogen) atoms. The number of amides is 1. The molecule has 2 aliphatic heterocycles. The molecule has 1 amide bonds. The normalized spacial score (nSPS) is 21.0. The fraction of sp³-hybridized carbons (Fsp3) is 0.562. The summed E-state index contributed by atoms with van der Waals surface area (Å²) in [4.78, 5) is 12.3. The van der Waals surface area contributed by atoms with Gasteiger partial charge < -0.3 is 20.1 Å². The van der Waals surface area contributed by atoms with Gasteiger partial charge in [-0.05, 0) is 44.0 Å². The first-order valence-corrected chi connectivity index (χ1v) is 8.57. The lowest BCUT2D eigenvalue weighted by molar-refractivity contribution is -0.124. The highest BCUT2D eigenvalue weighted by molar-refractivity contribution is 9.10. The fourth-order valence-corrected chi connectivity index (χ4v) is 3.54. The van der Waals surface area contributed by atoms with Crippen molar-refractivity contribution in [2.24, 2.45) is 0 Å². The van der Waals surface area contributed by atoms with E-state index < -0.39 is 0 Å². The Hall–Kier alpha value is -0.980. The van der Waals surface area contributed by atoms with Crippen LogP contribution in [-0.4, -0.2) is 31.7 Å². The second-order valence-electron chi connectivity index (χ2n) is 5.75. The fourth-order valence-electron chi connectivity index (χ4n) is 2.88. The van der Waals surface area contributed by atoms with Crippen LogP contribution < -0.4 is 20.1 Å². The predicted octanol–water partition coefficient (Wildman–Crippen LogP) is 2.96. The molecule has 3 rings (SSSR count). The molecule has 5 nitrogen and oxygen atoms in total. The van der Waals surface area contributed by atoms with Gasteiger partial charge in [-0.1, -0.05) is 22.4 Å². The van der Waals surface area contributed by atoms with Gasteiger partial charge in [0.15, 0.2) is 11.5 Å². The van der Waals surface area contributed by atoms with Gasteiger partial charge in [-0.25, -0.2) is 0 Å². The molecule has 2 atom stereocenters. The van der Waals surface area contributed by atoms with Crippen molar-refractivity contribution in [1.82, 2.24) is 10.6 Å². The second-order valence-corrected chi connectivity index (χ2v) is 6.60. The van der Waals surface area contributed by atoms with Crippen LogP contribution in [-0.2, 0) is 4.79 Å². The van der Waals surface area contributed by atoms with E-state index in [1.165, 1.54) is 0 Å². The van der Waals surface area contributed by atoms with Gasteiger partial charge in [0.05, 0.1) is 12.1 Å². The predicted molar refractivity (Wildman–Crippen MR) is 94.6 cm³/mol. The summed E-state index contributed by atoms with van der Waals surface area (Å²) in [7, 11) is 0. The van der Waals surface area contributed by atoms with E-state index in [2.05, 4.69) is 26.6 Å². The molecular weight excluding hydrogens is 384 g/mol. The maximum Gasteiger partial charge on any atom is 0.237 e. The van der Waals surface area contributed by atoms with E-state index in [1.54, 1.807) is 0 Å². The zero-order chi connectivity index (χ0) is 15.5. The number of halogens is 2. The van der Waals surface area contributed by atoms with Gasteiger partial charge in [-0.3, -0.25) is 4.79 Å². The average molecular weight is 406 g/mol. The molecule has 1 fully saturated rings. The van der Waals surface area contributed by atoms with Crippen LogP contribution in [0.5, 0.6) is 11.5 Å². The minimum atomic E-state index is -0.0959. The van der Waals surface area contributed by atoms with Crippen molar-refractivity contribution in [2.45, 2.75) is 38.3 Å². The topological polar surface area (TPSA) is 59.6 Å². The van der Waals surface area contributed by atoms with Crippen molar-refractivity contribution in [3.05, 3.63) is 22.2 Å². The van der Waals surface area contributed by atoms with E-state index in [0.717, 1.165) is 47.3 Å². The SMILES string of the molecule is CC(NC(=O)C1CCCCN1)c1cc2c(cc1Br)OCCO2.Cl. The molecule has 0 spiro atoms. The highest BCUT2D eigenvalue weighted by Gasteiger charge is 2.24. The zero-order valence-corrected chi connectivity index (χ0v) is 15.5. The maximum atomic E-state index is 12.3. The Balaban J connectivity index is 0.00000192. The van der Waals surface area contributed by atoms with Crippen molar-refractivity contribution in [3.8, 4) is 11.5 Å². The maximum absolute atomic E-state index is 12.3. The first kappa shape index (κ1) is 18.4. The van der Waals surface area contributed by atoms with Crippen molar-refractivity contribution >= 4 is 34.2 Å². The summed E-state index contributed by atoms with van der Waals surface area (Å²) in [5.41, 5.74) is 0.994. The van der Waals surface area contributed by atoms with Crippen molar-refractivity contribution < 1.29 is 14.3 Å². The second kappa shape index (κ2) is 8.22. The lowest BCUT2D eigenvalue weighted by Gasteiger charge is -2.26. The highest BCUT2D eigenvalue weighted by atomic mass is 79.9. The van der Waals surface area contributed by atoms with Gasteiger partial charge in [0, 0.05) is 4.47 Å². The third-order valence-corrected chi connectivity index (χ3v) is 4.80. The van der Waals surface area contributed by atoms with Crippen LogP contribution in [0.1, 0.15) is 37.8 Å². The van der Waals surface area contributed by atoms with Crippen molar-refractivity contribution in [3.63, 3.8) is 0 Å². The molecule has 2 unspecified atom stereocenters. The van der Waals surface area contributed by atoms with Crippen LogP contribution in [0.15, 0.2) is 16.6 Å². The Morgan fingerprint density at radius 1 is 1.30 bits per heavy atom. The molecule has 1 aromatic rings. The molecule has 7 heteroatoms. The summed E-state index contributed by atoms with van der Waals surface area (Å²) < 4.78 is 12.1. The molecule has 0 aromatic heterocycles. The van der Waals surface area contributed by atoms with E-state index in [4.69, 9.17) is 9.47 Å². The van der Waals surface area contributed by atoms with E-state index in [0.29, 0.717) is 13.2 Å². The Morgan fingerprint density at radius 2 is 2.00 bits per heavy atom. The summed E-state index contributed by atoms with van der Waals surface area (Å²) in [6.07, 6.45) is 3.15. The van der Waals surface area contributed by atoms with E-state index in [1.807, 2.05) is 19.1 Å². The van der Waals surface area contributed by atoms with Gasteiger partial charge in [-0.2, -0.15) is 0 Å². The summed E-state index contributed by atoms with van der Waals surface area (Å²) in [6, 6.07) is 3.68. The standard InChI is InChI=1S/C16H21BrN2O3.ClH/c1-10(19-16(20)13-4-2-3-5-18-13)11-8-14-15(9-12(11)17)22-7-6-21-14;/h8-10,13,18H,2-7H2,1H3,(H,19,20);1H. The zero-order valence-electron chi connectivity index (χ0n) is 13.1. The summed E-state index contributed by atoms with van der Waals surface area (Å²) >= 11 is 3.56. The molecule has 2 N–H and O–H groups in total. The Bertz CT molecular complexity index is 565. The smallest absolute Gasteiger partial charge is 0.237 e. The van der Waals surface area contributed by atoms with E-state index in [-0.39, 0.29) is 30.4 Å². The molecule has 0 aliphatic carbocycles. The minimum Gasteiger partial charge on any atom is -0.486 e. The number of fused-ring (bicyclic) bond motifs is 1. The summed E-state index contributed by atoms with van der Waals surface area (Å²) in [5, 5.41) is 6.36. The van der Waals surface area contributed by atoms with Crippen LogP contribution in [0.3, 0.4) is 0 Å². The number of carbonyl (C=O) groups excluding carboxylic acids is 1. The lowest BCUT2D eigenvalue weighted by atomic mass is 10.0. The van der Waals surface area contributed by atoms with Crippen molar-refractivity contribution in [1.29, 1.82) is 0 Å². The largest absolute Gasteiger partial charge is 0.486 e. The molecule has 1 saturated heterocycles. The van der Waals surface area contributed by atoms with Crippen LogP contribution in [0.25, 0.3) is 0 Å². The number of hydrogen-bond donors (Lipinski definition) is 2. The first-order valence-electron chi connectivity index (χ1n) is 7.78. The Labute approximate surface area is 151 Å². The van der Waals surface area contributed by atoms with Gasteiger partial charge in [-0.15, -0.1) is 12.4 Å². The number of hydrogen-bond acceptors (Lipinski definition) is 4. The number of ether oxygens (including phenoxy) is 2. The molecule has 2 aliphatic rings. The van der Waals surface area contributed by atoms with Crippen molar-refractivity contribution in [2.75, 3.05) is 19.8 Å². The number of rotatable bonds is 3. The third-order valence-electron chi connectivity index (χ3n) is 4.11.